The van der Waals surface area contributed by atoms with Gasteiger partial charge in [0.2, 0.25) is 0 Å². The number of hydrogen-bond acceptors (Lipinski definition) is 3. The molecule has 2 rings (SSSR count). The minimum Gasteiger partial charge on any atom is -0.344 e. The van der Waals surface area contributed by atoms with Gasteiger partial charge in [-0.2, -0.15) is 0 Å². The summed E-state index contributed by atoms with van der Waals surface area (Å²) >= 11 is 5.90. The fourth-order valence-electron chi connectivity index (χ4n) is 1.23. The lowest BCUT2D eigenvalue weighted by atomic mass is 10.2. The maximum atomic E-state index is 5.90. The maximum absolute atomic E-state index is 5.90. The highest BCUT2D eigenvalue weighted by Crippen LogP contribution is 2.18. The molecule has 0 aliphatic rings. The highest BCUT2D eigenvalue weighted by molar-refractivity contribution is 6.33. The van der Waals surface area contributed by atoms with Gasteiger partial charge in [0.15, 0.2) is 5.15 Å². The third kappa shape index (κ3) is 1.50. The molecule has 4 nitrogen and oxygen atoms in total. The number of aromatic nitrogens is 3. The van der Waals surface area contributed by atoms with Gasteiger partial charge >= 0.3 is 0 Å². The lowest BCUT2D eigenvalue weighted by Crippen LogP contribution is -2.04. The second kappa shape index (κ2) is 3.32. The molecule has 0 saturated heterocycles. The normalized spacial score (nSPS) is 10.9. The number of hydrogen-bond donors (Lipinski definition) is 2. The highest BCUT2D eigenvalue weighted by atomic mass is 35.5. The molecule has 2 aromatic heterocycles. The molecule has 0 radical (unpaired) electrons. The molecule has 0 aliphatic heterocycles. The number of halogens is 1. The predicted octanol–water partition coefficient (Wildman–Crippen LogP) is 1.11. The lowest BCUT2D eigenvalue weighted by Gasteiger charge is -1.98. The molecule has 0 bridgehead atoms. The first kappa shape index (κ1) is 8.47. The fraction of sp³-hybridized carbons (Fsp3) is 0.250. The van der Waals surface area contributed by atoms with Crippen molar-refractivity contribution in [3.63, 3.8) is 0 Å². The van der Waals surface area contributed by atoms with Gasteiger partial charge in [-0.3, -0.25) is 0 Å². The molecule has 2 heterocycles. The first-order valence-electron chi connectivity index (χ1n) is 4.00. The quantitative estimate of drug-likeness (QED) is 0.708. The van der Waals surface area contributed by atoms with Gasteiger partial charge in [-0.25, -0.2) is 9.97 Å². The van der Waals surface area contributed by atoms with Crippen LogP contribution >= 0.6 is 11.6 Å². The molecule has 0 aromatic carbocycles. The van der Waals surface area contributed by atoms with Crippen LogP contribution in [0.15, 0.2) is 12.4 Å². The summed E-state index contributed by atoms with van der Waals surface area (Å²) in [4.78, 5) is 11.2. The van der Waals surface area contributed by atoms with Crippen molar-refractivity contribution < 1.29 is 0 Å². The molecule has 0 saturated carbocycles. The average Bonchev–Trinajstić information content (AvgIpc) is 2.53. The van der Waals surface area contributed by atoms with Gasteiger partial charge in [-0.1, -0.05) is 11.6 Å². The number of nitrogens with one attached hydrogen (secondary N) is 1. The third-order valence-corrected chi connectivity index (χ3v) is 2.08. The summed E-state index contributed by atoms with van der Waals surface area (Å²) in [6.45, 7) is 0.572. The van der Waals surface area contributed by atoms with E-state index in [-0.39, 0.29) is 0 Å². The molecule has 0 unspecified atom stereocenters. The summed E-state index contributed by atoms with van der Waals surface area (Å²) < 4.78 is 0. The minimum absolute atomic E-state index is 0.433. The van der Waals surface area contributed by atoms with Crippen molar-refractivity contribution in [2.75, 3.05) is 6.54 Å². The average molecular weight is 197 g/mol. The number of rotatable bonds is 2. The standard InChI is InChI=1S/C8H9ClN4/c9-8-7-6(11-4-12-7)3-5(13-8)1-2-10/h3-4H,1-2,10H2,(H,11,12). The van der Waals surface area contributed by atoms with Gasteiger partial charge in [0.05, 0.1) is 11.8 Å². The van der Waals surface area contributed by atoms with Crippen LogP contribution in [-0.4, -0.2) is 21.5 Å². The largest absolute Gasteiger partial charge is 0.344 e. The van der Waals surface area contributed by atoms with Crippen LogP contribution < -0.4 is 5.73 Å². The molecule has 68 valence electrons. The molecule has 3 N–H and O–H groups in total. The number of nitrogens with zero attached hydrogens (tertiary/aromatic N) is 2. The zero-order chi connectivity index (χ0) is 9.26. The van der Waals surface area contributed by atoms with Crippen LogP contribution in [0.25, 0.3) is 11.0 Å². The Hall–Kier alpha value is -1.13. The van der Waals surface area contributed by atoms with E-state index < -0.39 is 0 Å². The van der Waals surface area contributed by atoms with Crippen molar-refractivity contribution in [1.82, 2.24) is 15.0 Å². The summed E-state index contributed by atoms with van der Waals surface area (Å²) in [5.41, 5.74) is 7.93. The first-order valence-corrected chi connectivity index (χ1v) is 4.37. The van der Waals surface area contributed by atoms with Crippen molar-refractivity contribution in [1.29, 1.82) is 0 Å². The van der Waals surface area contributed by atoms with Crippen LogP contribution in [0, 0.1) is 0 Å². The Morgan fingerprint density at radius 3 is 3.15 bits per heavy atom. The Labute approximate surface area is 80.1 Å². The van der Waals surface area contributed by atoms with Crippen molar-refractivity contribution >= 4 is 22.6 Å². The molecule has 0 atom stereocenters. The van der Waals surface area contributed by atoms with Gasteiger partial charge < -0.3 is 10.7 Å². The number of imidazole rings is 1. The molecule has 13 heavy (non-hydrogen) atoms. The Bertz CT molecular complexity index is 423. The van der Waals surface area contributed by atoms with Crippen LogP contribution in [0.2, 0.25) is 5.15 Å². The fourth-order valence-corrected chi connectivity index (χ4v) is 1.49. The Morgan fingerprint density at radius 2 is 2.38 bits per heavy atom. The Morgan fingerprint density at radius 1 is 1.54 bits per heavy atom. The number of nitrogens with two attached hydrogens (primary N) is 1. The molecule has 0 aliphatic carbocycles. The van der Waals surface area contributed by atoms with E-state index >= 15 is 0 Å². The predicted molar refractivity (Wildman–Crippen MR) is 51.7 cm³/mol. The SMILES string of the molecule is NCCc1cc2[nH]cnc2c(Cl)n1. The maximum Gasteiger partial charge on any atom is 0.157 e. The van der Waals surface area contributed by atoms with E-state index in [4.69, 9.17) is 17.3 Å². The minimum atomic E-state index is 0.433. The van der Waals surface area contributed by atoms with E-state index in [9.17, 15) is 0 Å². The van der Waals surface area contributed by atoms with Gasteiger partial charge in [0, 0.05) is 12.1 Å². The summed E-state index contributed by atoms with van der Waals surface area (Å²) in [6, 6.07) is 1.92. The van der Waals surface area contributed by atoms with Gasteiger partial charge in [-0.05, 0) is 12.6 Å². The van der Waals surface area contributed by atoms with Crippen molar-refractivity contribution in [3.05, 3.63) is 23.2 Å². The zero-order valence-electron chi connectivity index (χ0n) is 6.92. The van der Waals surface area contributed by atoms with E-state index in [0.717, 1.165) is 17.6 Å². The van der Waals surface area contributed by atoms with Gasteiger partial charge in [0.25, 0.3) is 0 Å². The third-order valence-electron chi connectivity index (χ3n) is 1.82. The van der Waals surface area contributed by atoms with Crippen molar-refractivity contribution in [3.8, 4) is 0 Å². The molecule has 0 amide bonds. The van der Waals surface area contributed by atoms with E-state index in [1.807, 2.05) is 6.07 Å². The Balaban J connectivity index is 2.56. The zero-order valence-corrected chi connectivity index (χ0v) is 7.67. The topological polar surface area (TPSA) is 67.6 Å². The van der Waals surface area contributed by atoms with Crippen LogP contribution in [0.4, 0.5) is 0 Å². The molecule has 0 fully saturated rings. The highest BCUT2D eigenvalue weighted by Gasteiger charge is 2.05. The molecular weight excluding hydrogens is 188 g/mol. The lowest BCUT2D eigenvalue weighted by molar-refractivity contribution is 0.927. The summed E-state index contributed by atoms with van der Waals surface area (Å²) in [5, 5.41) is 0.433. The molecular formula is C8H9ClN4. The summed E-state index contributed by atoms with van der Waals surface area (Å²) in [7, 11) is 0. The van der Waals surface area contributed by atoms with Crippen LogP contribution in [0.3, 0.4) is 0 Å². The van der Waals surface area contributed by atoms with Crippen LogP contribution in [-0.2, 0) is 6.42 Å². The van der Waals surface area contributed by atoms with E-state index in [2.05, 4.69) is 15.0 Å². The number of H-pyrrole nitrogens is 1. The number of aromatic amines is 1. The second-order valence-corrected chi connectivity index (χ2v) is 3.10. The van der Waals surface area contributed by atoms with Crippen molar-refractivity contribution in [2.24, 2.45) is 5.73 Å². The summed E-state index contributed by atoms with van der Waals surface area (Å²) in [6.07, 6.45) is 2.33. The van der Waals surface area contributed by atoms with E-state index in [1.165, 1.54) is 0 Å². The van der Waals surface area contributed by atoms with Crippen LogP contribution in [0.5, 0.6) is 0 Å². The van der Waals surface area contributed by atoms with Gasteiger partial charge in [-0.15, -0.1) is 0 Å². The van der Waals surface area contributed by atoms with Crippen molar-refractivity contribution in [2.45, 2.75) is 6.42 Å². The molecule has 0 spiro atoms. The van der Waals surface area contributed by atoms with E-state index in [1.54, 1.807) is 6.33 Å². The monoisotopic (exact) mass is 196 g/mol. The second-order valence-electron chi connectivity index (χ2n) is 2.74. The van der Waals surface area contributed by atoms with Crippen LogP contribution in [0.1, 0.15) is 5.69 Å². The molecule has 2 aromatic rings. The molecule has 5 heteroatoms. The number of pyridine rings is 1. The Kier molecular flexibility index (Phi) is 2.16. The smallest absolute Gasteiger partial charge is 0.157 e. The number of fused-ring (bicyclic) bond motifs is 1. The summed E-state index contributed by atoms with van der Waals surface area (Å²) in [5.74, 6) is 0. The van der Waals surface area contributed by atoms with Gasteiger partial charge in [0.1, 0.15) is 5.52 Å². The van der Waals surface area contributed by atoms with E-state index in [0.29, 0.717) is 17.2 Å². The first-order chi connectivity index (χ1) is 6.31.